The first-order chi connectivity index (χ1) is 7.90. The molecule has 1 aliphatic rings. The Morgan fingerprint density at radius 3 is 2.59 bits per heavy atom. The molecule has 0 heterocycles. The fourth-order valence-electron chi connectivity index (χ4n) is 2.64. The summed E-state index contributed by atoms with van der Waals surface area (Å²) in [4.78, 5) is 10.9. The molecule has 0 aromatic carbocycles. The van der Waals surface area contributed by atoms with Crippen LogP contribution in [0, 0.1) is 11.8 Å². The highest BCUT2D eigenvalue weighted by molar-refractivity contribution is 5.73. The molecule has 1 amide bonds. The molecule has 5 atom stereocenters. The number of nitrogens with one attached hydrogen (secondary N) is 1. The van der Waals surface area contributed by atoms with Gasteiger partial charge < -0.3 is 16.2 Å². The van der Waals surface area contributed by atoms with Crippen molar-refractivity contribution in [2.75, 3.05) is 0 Å². The van der Waals surface area contributed by atoms with Crippen LogP contribution in [-0.2, 0) is 4.79 Å². The van der Waals surface area contributed by atoms with Crippen LogP contribution in [0.2, 0.25) is 0 Å². The van der Waals surface area contributed by atoms with E-state index < -0.39 is 0 Å². The molecule has 0 aromatic heterocycles. The van der Waals surface area contributed by atoms with Gasteiger partial charge in [0.25, 0.3) is 0 Å². The van der Waals surface area contributed by atoms with Crippen LogP contribution in [0.5, 0.6) is 0 Å². The van der Waals surface area contributed by atoms with Gasteiger partial charge in [0, 0.05) is 19.0 Å². The molecule has 0 radical (unpaired) electrons. The lowest BCUT2D eigenvalue weighted by Gasteiger charge is -2.23. The van der Waals surface area contributed by atoms with Crippen molar-refractivity contribution >= 4 is 5.91 Å². The van der Waals surface area contributed by atoms with Gasteiger partial charge in [-0.1, -0.05) is 6.92 Å². The standard InChI is InChI=1S/C13H26N2O2/c1-8(9(2)15-10(3)16)4-5-11-6-12(14)7-13(11)17/h8-9,11-13,17H,4-7,14H2,1-3H3,(H,15,16). The van der Waals surface area contributed by atoms with Gasteiger partial charge in [-0.25, -0.2) is 0 Å². The second-order valence-corrected chi connectivity index (χ2v) is 5.60. The first-order valence-corrected chi connectivity index (χ1v) is 6.61. The second-order valence-electron chi connectivity index (χ2n) is 5.60. The summed E-state index contributed by atoms with van der Waals surface area (Å²) in [5.41, 5.74) is 5.83. The quantitative estimate of drug-likeness (QED) is 0.674. The topological polar surface area (TPSA) is 75.4 Å². The van der Waals surface area contributed by atoms with Gasteiger partial charge in [0.05, 0.1) is 6.10 Å². The van der Waals surface area contributed by atoms with Crippen LogP contribution in [0.3, 0.4) is 0 Å². The Kier molecular flexibility index (Phi) is 5.40. The summed E-state index contributed by atoms with van der Waals surface area (Å²) in [6.45, 7) is 5.72. The van der Waals surface area contributed by atoms with Gasteiger partial charge >= 0.3 is 0 Å². The van der Waals surface area contributed by atoms with Gasteiger partial charge in [0.2, 0.25) is 5.91 Å². The minimum atomic E-state index is -0.228. The van der Waals surface area contributed by atoms with Crippen molar-refractivity contribution in [1.82, 2.24) is 5.32 Å². The van der Waals surface area contributed by atoms with Crippen LogP contribution in [0.15, 0.2) is 0 Å². The van der Waals surface area contributed by atoms with Crippen LogP contribution in [0.1, 0.15) is 46.5 Å². The predicted octanol–water partition coefficient (Wildman–Crippen LogP) is 1.03. The summed E-state index contributed by atoms with van der Waals surface area (Å²) in [6, 6.07) is 0.359. The summed E-state index contributed by atoms with van der Waals surface area (Å²) in [5.74, 6) is 0.798. The van der Waals surface area contributed by atoms with Crippen molar-refractivity contribution in [3.8, 4) is 0 Å². The van der Waals surface area contributed by atoms with E-state index in [1.54, 1.807) is 6.92 Å². The van der Waals surface area contributed by atoms with Crippen molar-refractivity contribution in [3.63, 3.8) is 0 Å². The summed E-state index contributed by atoms with van der Waals surface area (Å²) < 4.78 is 0. The van der Waals surface area contributed by atoms with Crippen LogP contribution < -0.4 is 11.1 Å². The smallest absolute Gasteiger partial charge is 0.217 e. The van der Waals surface area contributed by atoms with Gasteiger partial charge in [-0.05, 0) is 44.4 Å². The number of rotatable bonds is 5. The highest BCUT2D eigenvalue weighted by Gasteiger charge is 2.30. The summed E-state index contributed by atoms with van der Waals surface area (Å²) in [6.07, 6.45) is 3.46. The SMILES string of the molecule is CC(=O)NC(C)C(C)CCC1CC(N)CC1O. The zero-order valence-corrected chi connectivity index (χ0v) is 11.1. The lowest BCUT2D eigenvalue weighted by atomic mass is 9.91. The van der Waals surface area contributed by atoms with E-state index >= 15 is 0 Å². The molecule has 1 fully saturated rings. The Morgan fingerprint density at radius 1 is 1.47 bits per heavy atom. The van der Waals surface area contributed by atoms with Crippen molar-refractivity contribution in [2.45, 2.75) is 64.6 Å². The Hall–Kier alpha value is -0.610. The summed E-state index contributed by atoms with van der Waals surface area (Å²) in [5, 5.41) is 12.7. The number of hydrogen-bond acceptors (Lipinski definition) is 3. The number of carbonyl (C=O) groups is 1. The Bertz CT molecular complexity index is 258. The van der Waals surface area contributed by atoms with Crippen LogP contribution in [-0.4, -0.2) is 29.2 Å². The molecule has 4 nitrogen and oxygen atoms in total. The highest BCUT2D eigenvalue weighted by atomic mass is 16.3. The third kappa shape index (κ3) is 4.64. The molecule has 1 saturated carbocycles. The van der Waals surface area contributed by atoms with Crippen molar-refractivity contribution < 1.29 is 9.90 Å². The van der Waals surface area contributed by atoms with Crippen LogP contribution in [0.25, 0.3) is 0 Å². The van der Waals surface area contributed by atoms with E-state index in [0.717, 1.165) is 25.7 Å². The normalized spacial score (nSPS) is 32.2. The maximum absolute atomic E-state index is 10.9. The fraction of sp³-hybridized carbons (Fsp3) is 0.923. The van der Waals surface area contributed by atoms with Gasteiger partial charge in [0.1, 0.15) is 0 Å². The number of hydrogen-bond donors (Lipinski definition) is 3. The number of carbonyl (C=O) groups excluding carboxylic acids is 1. The van der Waals surface area contributed by atoms with E-state index in [4.69, 9.17) is 5.73 Å². The molecule has 17 heavy (non-hydrogen) atoms. The lowest BCUT2D eigenvalue weighted by Crippen LogP contribution is -2.35. The van der Waals surface area contributed by atoms with Gasteiger partial charge in [-0.3, -0.25) is 4.79 Å². The number of amides is 1. The van der Waals surface area contributed by atoms with E-state index in [1.807, 2.05) is 6.92 Å². The Balaban J connectivity index is 2.27. The van der Waals surface area contributed by atoms with E-state index in [0.29, 0.717) is 11.8 Å². The van der Waals surface area contributed by atoms with Gasteiger partial charge in [0.15, 0.2) is 0 Å². The third-order valence-electron chi connectivity index (χ3n) is 3.97. The van der Waals surface area contributed by atoms with E-state index in [9.17, 15) is 9.90 Å². The summed E-state index contributed by atoms with van der Waals surface area (Å²) in [7, 11) is 0. The first-order valence-electron chi connectivity index (χ1n) is 6.61. The van der Waals surface area contributed by atoms with Crippen LogP contribution >= 0.6 is 0 Å². The molecule has 100 valence electrons. The minimum Gasteiger partial charge on any atom is -0.393 e. The monoisotopic (exact) mass is 242 g/mol. The summed E-state index contributed by atoms with van der Waals surface area (Å²) >= 11 is 0. The number of aliphatic hydroxyl groups excluding tert-OH is 1. The molecule has 0 saturated heterocycles. The van der Waals surface area contributed by atoms with Crippen LogP contribution in [0.4, 0.5) is 0 Å². The fourth-order valence-corrected chi connectivity index (χ4v) is 2.64. The van der Waals surface area contributed by atoms with E-state index in [-0.39, 0.29) is 24.1 Å². The second kappa shape index (κ2) is 6.36. The molecule has 0 aliphatic heterocycles. The third-order valence-corrected chi connectivity index (χ3v) is 3.97. The molecule has 4 N–H and O–H groups in total. The lowest BCUT2D eigenvalue weighted by molar-refractivity contribution is -0.119. The Morgan fingerprint density at radius 2 is 2.12 bits per heavy atom. The van der Waals surface area contributed by atoms with Gasteiger partial charge in [-0.15, -0.1) is 0 Å². The predicted molar refractivity (Wildman–Crippen MR) is 68.4 cm³/mol. The molecule has 5 unspecified atom stereocenters. The number of nitrogens with two attached hydrogens (primary N) is 1. The molecule has 4 heteroatoms. The molecule has 1 rings (SSSR count). The van der Waals surface area contributed by atoms with E-state index in [2.05, 4.69) is 12.2 Å². The maximum atomic E-state index is 10.9. The van der Waals surface area contributed by atoms with Gasteiger partial charge in [-0.2, -0.15) is 0 Å². The molecule has 0 bridgehead atoms. The van der Waals surface area contributed by atoms with E-state index in [1.165, 1.54) is 0 Å². The zero-order valence-electron chi connectivity index (χ0n) is 11.1. The molecule has 0 aromatic rings. The minimum absolute atomic E-state index is 0.0206. The van der Waals surface area contributed by atoms with Crippen molar-refractivity contribution in [2.24, 2.45) is 17.6 Å². The van der Waals surface area contributed by atoms with Crippen molar-refractivity contribution in [1.29, 1.82) is 0 Å². The van der Waals surface area contributed by atoms with Crippen molar-refractivity contribution in [3.05, 3.63) is 0 Å². The molecular formula is C13H26N2O2. The largest absolute Gasteiger partial charge is 0.393 e. The highest BCUT2D eigenvalue weighted by Crippen LogP contribution is 2.30. The Labute approximate surface area is 104 Å². The maximum Gasteiger partial charge on any atom is 0.217 e. The molecule has 1 aliphatic carbocycles. The molecular weight excluding hydrogens is 216 g/mol. The average molecular weight is 242 g/mol. The average Bonchev–Trinajstić information content (AvgIpc) is 2.52. The zero-order chi connectivity index (χ0) is 13.0. The molecule has 0 spiro atoms. The number of aliphatic hydroxyl groups is 1. The first kappa shape index (κ1) is 14.5.